The molecule has 5 nitrogen and oxygen atoms in total. The quantitative estimate of drug-likeness (QED) is 0.647. The number of carbonyl (C=O) groups is 1. The van der Waals surface area contributed by atoms with Crippen LogP contribution in [0.1, 0.15) is 22.7 Å². The minimum Gasteiger partial charge on any atom is -0.503 e. The Bertz CT molecular complexity index is 1070. The molecule has 152 valence electrons. The van der Waals surface area contributed by atoms with Crippen LogP contribution in [0.5, 0.6) is 11.5 Å². The van der Waals surface area contributed by atoms with Gasteiger partial charge in [0.25, 0.3) is 5.91 Å². The van der Waals surface area contributed by atoms with E-state index in [1.165, 1.54) is 0 Å². The Hall–Kier alpha value is -3.73. The van der Waals surface area contributed by atoms with E-state index >= 15 is 0 Å². The molecule has 0 bridgehead atoms. The second-order valence-electron chi connectivity index (χ2n) is 7.09. The summed E-state index contributed by atoms with van der Waals surface area (Å²) in [4.78, 5) is 14.8. The first-order chi connectivity index (χ1) is 14.6. The van der Waals surface area contributed by atoms with Gasteiger partial charge in [0.05, 0.1) is 20.3 Å². The fourth-order valence-corrected chi connectivity index (χ4v) is 3.83. The highest BCUT2D eigenvalue weighted by molar-refractivity contribution is 6.05. The SMILES string of the molecule is COc1ccc(C2=C(O)C(=O)N(Cc3cccc(OC)c3)C2c2ccccc2)cc1. The normalized spacial score (nSPS) is 16.1. The van der Waals surface area contributed by atoms with E-state index in [1.54, 1.807) is 19.1 Å². The van der Waals surface area contributed by atoms with Gasteiger partial charge < -0.3 is 19.5 Å². The lowest BCUT2D eigenvalue weighted by Gasteiger charge is -2.27. The molecule has 1 N–H and O–H groups in total. The van der Waals surface area contributed by atoms with E-state index < -0.39 is 11.9 Å². The topological polar surface area (TPSA) is 59.0 Å². The number of nitrogens with zero attached hydrogens (tertiary/aromatic N) is 1. The summed E-state index contributed by atoms with van der Waals surface area (Å²) in [7, 11) is 3.22. The summed E-state index contributed by atoms with van der Waals surface area (Å²) in [6, 6.07) is 24.3. The number of benzene rings is 3. The van der Waals surface area contributed by atoms with Crippen LogP contribution < -0.4 is 9.47 Å². The van der Waals surface area contributed by atoms with Gasteiger partial charge >= 0.3 is 0 Å². The van der Waals surface area contributed by atoms with Crippen molar-refractivity contribution in [3.8, 4) is 11.5 Å². The number of hydrogen-bond acceptors (Lipinski definition) is 4. The zero-order chi connectivity index (χ0) is 21.1. The van der Waals surface area contributed by atoms with Crippen LogP contribution in [-0.4, -0.2) is 30.1 Å². The molecule has 1 unspecified atom stereocenters. The highest BCUT2D eigenvalue weighted by Gasteiger charge is 2.40. The van der Waals surface area contributed by atoms with Gasteiger partial charge in [-0.25, -0.2) is 0 Å². The number of rotatable bonds is 6. The molecule has 1 aliphatic heterocycles. The van der Waals surface area contributed by atoms with Crippen molar-refractivity contribution < 1.29 is 19.4 Å². The van der Waals surface area contributed by atoms with Crippen LogP contribution in [-0.2, 0) is 11.3 Å². The van der Waals surface area contributed by atoms with Gasteiger partial charge in [0.1, 0.15) is 11.5 Å². The zero-order valence-corrected chi connectivity index (χ0v) is 16.9. The number of carbonyl (C=O) groups excluding carboxylic acids is 1. The Kier molecular flexibility index (Phi) is 5.44. The van der Waals surface area contributed by atoms with E-state index in [0.717, 1.165) is 22.4 Å². The van der Waals surface area contributed by atoms with Gasteiger partial charge in [-0.2, -0.15) is 0 Å². The molecule has 0 radical (unpaired) electrons. The van der Waals surface area contributed by atoms with Gasteiger partial charge in [0.2, 0.25) is 0 Å². The number of aliphatic hydroxyl groups excluding tert-OH is 1. The van der Waals surface area contributed by atoms with Crippen molar-refractivity contribution in [1.29, 1.82) is 0 Å². The van der Waals surface area contributed by atoms with E-state index in [4.69, 9.17) is 9.47 Å². The third-order valence-electron chi connectivity index (χ3n) is 5.31. The standard InChI is InChI=1S/C25H23NO4/c1-29-20-13-11-18(12-14-20)22-23(19-8-4-3-5-9-19)26(25(28)24(22)27)16-17-7-6-10-21(15-17)30-2/h3-15,23,27H,16H2,1-2H3. The molecule has 0 aliphatic carbocycles. The predicted molar refractivity (Wildman–Crippen MR) is 115 cm³/mol. The highest BCUT2D eigenvalue weighted by Crippen LogP contribution is 2.44. The second-order valence-corrected chi connectivity index (χ2v) is 7.09. The molecule has 3 aromatic carbocycles. The summed E-state index contributed by atoms with van der Waals surface area (Å²) in [6.45, 7) is 0.347. The van der Waals surface area contributed by atoms with Crippen LogP contribution in [0.3, 0.4) is 0 Å². The minimum atomic E-state index is -0.404. The first-order valence-corrected chi connectivity index (χ1v) is 9.68. The van der Waals surface area contributed by atoms with Gasteiger partial charge in [0, 0.05) is 12.1 Å². The number of ether oxygens (including phenoxy) is 2. The largest absolute Gasteiger partial charge is 0.503 e. The molecule has 0 fully saturated rings. The zero-order valence-electron chi connectivity index (χ0n) is 16.9. The van der Waals surface area contributed by atoms with E-state index in [0.29, 0.717) is 17.9 Å². The van der Waals surface area contributed by atoms with Crippen LogP contribution in [0.2, 0.25) is 0 Å². The molecular formula is C25H23NO4. The fraction of sp³-hybridized carbons (Fsp3) is 0.160. The van der Waals surface area contributed by atoms with Crippen LogP contribution in [0.4, 0.5) is 0 Å². The van der Waals surface area contributed by atoms with Crippen molar-refractivity contribution in [1.82, 2.24) is 4.90 Å². The molecule has 0 saturated heterocycles. The minimum absolute atomic E-state index is 0.225. The van der Waals surface area contributed by atoms with Gasteiger partial charge in [-0.15, -0.1) is 0 Å². The van der Waals surface area contributed by atoms with Crippen LogP contribution in [0.15, 0.2) is 84.6 Å². The van der Waals surface area contributed by atoms with E-state index in [2.05, 4.69) is 0 Å². The summed E-state index contributed by atoms with van der Waals surface area (Å²) in [5.74, 6) is 0.824. The molecule has 1 aliphatic rings. The molecule has 0 saturated carbocycles. The summed E-state index contributed by atoms with van der Waals surface area (Å²) in [5.41, 5.74) is 3.23. The second kappa shape index (κ2) is 8.33. The number of hydrogen-bond donors (Lipinski definition) is 1. The molecular weight excluding hydrogens is 378 g/mol. The van der Waals surface area contributed by atoms with E-state index in [9.17, 15) is 9.90 Å². The van der Waals surface area contributed by atoms with Crippen molar-refractivity contribution in [2.75, 3.05) is 14.2 Å². The van der Waals surface area contributed by atoms with Crippen molar-refractivity contribution in [3.63, 3.8) is 0 Å². The first-order valence-electron chi connectivity index (χ1n) is 9.68. The van der Waals surface area contributed by atoms with Crippen molar-refractivity contribution in [2.45, 2.75) is 12.6 Å². The third kappa shape index (κ3) is 3.62. The molecule has 1 atom stereocenters. The summed E-state index contributed by atoms with van der Waals surface area (Å²) >= 11 is 0. The maximum absolute atomic E-state index is 13.1. The van der Waals surface area contributed by atoms with Crippen LogP contribution in [0, 0.1) is 0 Å². The summed E-state index contributed by atoms with van der Waals surface area (Å²) < 4.78 is 10.6. The maximum Gasteiger partial charge on any atom is 0.290 e. The molecule has 4 rings (SSSR count). The Morgan fingerprint density at radius 1 is 0.867 bits per heavy atom. The Morgan fingerprint density at radius 2 is 1.57 bits per heavy atom. The first kappa shape index (κ1) is 19.6. The van der Waals surface area contributed by atoms with E-state index in [-0.39, 0.29) is 5.76 Å². The molecule has 1 heterocycles. The average Bonchev–Trinajstić information content (AvgIpc) is 3.05. The molecule has 0 aromatic heterocycles. The molecule has 5 heteroatoms. The van der Waals surface area contributed by atoms with E-state index in [1.807, 2.05) is 78.9 Å². The number of amides is 1. The number of methoxy groups -OCH3 is 2. The van der Waals surface area contributed by atoms with Crippen molar-refractivity contribution in [2.24, 2.45) is 0 Å². The lowest BCUT2D eigenvalue weighted by Crippen LogP contribution is -2.29. The molecule has 3 aromatic rings. The lowest BCUT2D eigenvalue weighted by molar-refractivity contribution is -0.130. The summed E-state index contributed by atoms with van der Waals surface area (Å²) in [5, 5.41) is 10.9. The van der Waals surface area contributed by atoms with Crippen molar-refractivity contribution in [3.05, 3.63) is 101 Å². The monoisotopic (exact) mass is 401 g/mol. The van der Waals surface area contributed by atoms with Crippen LogP contribution in [0.25, 0.3) is 5.57 Å². The Labute approximate surface area is 175 Å². The molecule has 0 spiro atoms. The van der Waals surface area contributed by atoms with Gasteiger partial charge in [-0.3, -0.25) is 4.79 Å². The summed E-state index contributed by atoms with van der Waals surface area (Å²) in [6.07, 6.45) is 0. The van der Waals surface area contributed by atoms with Gasteiger partial charge in [0.15, 0.2) is 5.76 Å². The highest BCUT2D eigenvalue weighted by atomic mass is 16.5. The Morgan fingerprint density at radius 3 is 2.23 bits per heavy atom. The third-order valence-corrected chi connectivity index (χ3v) is 5.31. The number of aliphatic hydroxyl groups is 1. The van der Waals surface area contributed by atoms with Gasteiger partial charge in [-0.05, 0) is 41.0 Å². The van der Waals surface area contributed by atoms with Crippen LogP contribution >= 0.6 is 0 Å². The lowest BCUT2D eigenvalue weighted by atomic mass is 9.93. The average molecular weight is 401 g/mol. The van der Waals surface area contributed by atoms with Gasteiger partial charge in [-0.1, -0.05) is 54.6 Å². The molecule has 30 heavy (non-hydrogen) atoms. The predicted octanol–water partition coefficient (Wildman–Crippen LogP) is 4.76. The van der Waals surface area contributed by atoms with Crippen molar-refractivity contribution >= 4 is 11.5 Å². The molecule has 1 amide bonds. The maximum atomic E-state index is 13.1. The Balaban J connectivity index is 1.77. The smallest absolute Gasteiger partial charge is 0.290 e. The fourth-order valence-electron chi connectivity index (χ4n) is 3.83.